The Morgan fingerprint density at radius 2 is 2.00 bits per heavy atom. The zero-order valence-electron chi connectivity index (χ0n) is 9.55. The number of hydrogen-bond acceptors (Lipinski definition) is 3. The summed E-state index contributed by atoms with van der Waals surface area (Å²) in [4.78, 5) is 0. The van der Waals surface area contributed by atoms with E-state index in [9.17, 15) is 0 Å². The Morgan fingerprint density at radius 1 is 1.31 bits per heavy atom. The molecule has 0 aliphatic heterocycles. The van der Waals surface area contributed by atoms with E-state index in [1.54, 1.807) is 20.3 Å². The highest BCUT2D eigenvalue weighted by Gasteiger charge is 2.39. The molecule has 1 aliphatic carbocycles. The molecular formula is C12H16ClNO2. The van der Waals surface area contributed by atoms with Gasteiger partial charge < -0.3 is 15.2 Å². The van der Waals surface area contributed by atoms with E-state index in [1.807, 2.05) is 6.07 Å². The van der Waals surface area contributed by atoms with Crippen LogP contribution in [0.5, 0.6) is 11.5 Å². The third-order valence-electron chi connectivity index (χ3n) is 2.96. The molecule has 0 atom stereocenters. The van der Waals surface area contributed by atoms with Crippen molar-refractivity contribution in [2.75, 3.05) is 14.2 Å². The Kier molecular flexibility index (Phi) is 3.00. The molecule has 1 aromatic rings. The first-order chi connectivity index (χ1) is 7.58. The van der Waals surface area contributed by atoms with E-state index in [1.165, 1.54) is 0 Å². The van der Waals surface area contributed by atoms with Gasteiger partial charge in [-0.25, -0.2) is 0 Å². The van der Waals surface area contributed by atoms with Crippen LogP contribution in [-0.4, -0.2) is 19.8 Å². The zero-order chi connectivity index (χ0) is 11.8. The SMILES string of the molecule is COc1cc(Cl)cc(CC2(N)CC2)c1OC. The number of ether oxygens (including phenoxy) is 2. The summed E-state index contributed by atoms with van der Waals surface area (Å²) < 4.78 is 10.6. The molecule has 0 saturated heterocycles. The number of rotatable bonds is 4. The molecule has 2 rings (SSSR count). The standard InChI is InChI=1S/C12H16ClNO2/c1-15-10-6-9(13)5-8(11(10)16-2)7-12(14)3-4-12/h5-6H,3-4,7,14H2,1-2H3. The van der Waals surface area contributed by atoms with E-state index in [2.05, 4.69) is 0 Å². The molecule has 1 fully saturated rings. The third kappa shape index (κ3) is 2.25. The zero-order valence-corrected chi connectivity index (χ0v) is 10.3. The summed E-state index contributed by atoms with van der Waals surface area (Å²) in [7, 11) is 3.23. The van der Waals surface area contributed by atoms with Crippen molar-refractivity contribution in [3.63, 3.8) is 0 Å². The second kappa shape index (κ2) is 4.15. The van der Waals surface area contributed by atoms with Gasteiger partial charge in [0.2, 0.25) is 0 Å². The van der Waals surface area contributed by atoms with E-state index in [-0.39, 0.29) is 5.54 Å². The highest BCUT2D eigenvalue weighted by Crippen LogP contribution is 2.41. The van der Waals surface area contributed by atoms with Crippen molar-refractivity contribution in [1.29, 1.82) is 0 Å². The van der Waals surface area contributed by atoms with Crippen molar-refractivity contribution in [2.24, 2.45) is 5.73 Å². The van der Waals surface area contributed by atoms with Crippen LogP contribution in [0.1, 0.15) is 18.4 Å². The molecule has 0 amide bonds. The molecule has 0 heterocycles. The molecule has 3 nitrogen and oxygen atoms in total. The van der Waals surface area contributed by atoms with Gasteiger partial charge >= 0.3 is 0 Å². The summed E-state index contributed by atoms with van der Waals surface area (Å²) in [6.07, 6.45) is 2.91. The Labute approximate surface area is 100 Å². The Morgan fingerprint density at radius 3 is 2.50 bits per heavy atom. The monoisotopic (exact) mass is 241 g/mol. The molecule has 1 aromatic carbocycles. The van der Waals surface area contributed by atoms with Crippen molar-refractivity contribution < 1.29 is 9.47 Å². The van der Waals surface area contributed by atoms with Crippen LogP contribution in [0.15, 0.2) is 12.1 Å². The molecule has 0 radical (unpaired) electrons. The minimum Gasteiger partial charge on any atom is -0.493 e. The summed E-state index contributed by atoms with van der Waals surface area (Å²) in [6, 6.07) is 3.65. The van der Waals surface area contributed by atoms with Crippen LogP contribution < -0.4 is 15.2 Å². The normalized spacial score (nSPS) is 17.0. The fourth-order valence-electron chi connectivity index (χ4n) is 1.85. The van der Waals surface area contributed by atoms with Gasteiger partial charge in [0, 0.05) is 22.2 Å². The Balaban J connectivity index is 2.37. The fourth-order valence-corrected chi connectivity index (χ4v) is 2.08. The molecule has 2 N–H and O–H groups in total. The van der Waals surface area contributed by atoms with Gasteiger partial charge in [-0.2, -0.15) is 0 Å². The van der Waals surface area contributed by atoms with Crippen molar-refractivity contribution in [3.8, 4) is 11.5 Å². The fraction of sp³-hybridized carbons (Fsp3) is 0.500. The highest BCUT2D eigenvalue weighted by atomic mass is 35.5. The minimum atomic E-state index is -0.0665. The Hall–Kier alpha value is -0.930. The first-order valence-electron chi connectivity index (χ1n) is 5.27. The van der Waals surface area contributed by atoms with Gasteiger partial charge in [-0.3, -0.25) is 0 Å². The number of methoxy groups -OCH3 is 2. The van der Waals surface area contributed by atoms with Crippen LogP contribution in [0.25, 0.3) is 0 Å². The van der Waals surface area contributed by atoms with Gasteiger partial charge in [0.05, 0.1) is 14.2 Å². The molecule has 4 heteroatoms. The van der Waals surface area contributed by atoms with E-state index in [0.29, 0.717) is 10.8 Å². The first-order valence-corrected chi connectivity index (χ1v) is 5.65. The Bertz CT molecular complexity index is 402. The summed E-state index contributed by atoms with van der Waals surface area (Å²) in [5.41, 5.74) is 7.06. The molecular weight excluding hydrogens is 226 g/mol. The van der Waals surface area contributed by atoms with E-state index in [4.69, 9.17) is 26.8 Å². The van der Waals surface area contributed by atoms with Crippen LogP contribution in [0.3, 0.4) is 0 Å². The predicted octanol–water partition coefficient (Wildman–Crippen LogP) is 2.39. The van der Waals surface area contributed by atoms with Crippen LogP contribution in [0.4, 0.5) is 0 Å². The quantitative estimate of drug-likeness (QED) is 0.881. The van der Waals surface area contributed by atoms with E-state index >= 15 is 0 Å². The molecule has 1 aliphatic rings. The van der Waals surface area contributed by atoms with Gasteiger partial charge in [0.25, 0.3) is 0 Å². The van der Waals surface area contributed by atoms with Crippen molar-refractivity contribution in [1.82, 2.24) is 0 Å². The summed E-state index contributed by atoms with van der Waals surface area (Å²) >= 11 is 6.03. The van der Waals surface area contributed by atoms with Crippen molar-refractivity contribution in [2.45, 2.75) is 24.8 Å². The molecule has 0 unspecified atom stereocenters. The molecule has 0 spiro atoms. The number of nitrogens with two attached hydrogens (primary N) is 1. The molecule has 0 aromatic heterocycles. The van der Waals surface area contributed by atoms with Crippen LogP contribution in [0.2, 0.25) is 5.02 Å². The maximum atomic E-state index is 6.10. The number of halogens is 1. The van der Waals surface area contributed by atoms with Gasteiger partial charge in [0.1, 0.15) is 0 Å². The second-order valence-corrected chi connectivity index (χ2v) is 4.78. The lowest BCUT2D eigenvalue weighted by atomic mass is 10.0. The molecule has 0 bridgehead atoms. The van der Waals surface area contributed by atoms with Gasteiger partial charge in [-0.1, -0.05) is 11.6 Å². The topological polar surface area (TPSA) is 44.5 Å². The minimum absolute atomic E-state index is 0.0665. The maximum Gasteiger partial charge on any atom is 0.164 e. The molecule has 88 valence electrons. The third-order valence-corrected chi connectivity index (χ3v) is 3.17. The summed E-state index contributed by atoms with van der Waals surface area (Å²) in [6.45, 7) is 0. The highest BCUT2D eigenvalue weighted by molar-refractivity contribution is 6.30. The average Bonchev–Trinajstić information content (AvgIpc) is 2.95. The average molecular weight is 242 g/mol. The molecule has 1 saturated carbocycles. The van der Waals surface area contributed by atoms with Gasteiger partial charge in [0.15, 0.2) is 11.5 Å². The van der Waals surface area contributed by atoms with Gasteiger partial charge in [-0.05, 0) is 25.3 Å². The first kappa shape index (κ1) is 11.6. The largest absolute Gasteiger partial charge is 0.493 e. The van der Waals surface area contributed by atoms with Crippen LogP contribution in [0, 0.1) is 0 Å². The second-order valence-electron chi connectivity index (χ2n) is 4.34. The predicted molar refractivity (Wildman–Crippen MR) is 64.4 cm³/mol. The van der Waals surface area contributed by atoms with Crippen LogP contribution >= 0.6 is 11.6 Å². The molecule has 16 heavy (non-hydrogen) atoms. The smallest absolute Gasteiger partial charge is 0.164 e. The van der Waals surface area contributed by atoms with E-state index < -0.39 is 0 Å². The lowest BCUT2D eigenvalue weighted by Crippen LogP contribution is -2.24. The lowest BCUT2D eigenvalue weighted by molar-refractivity contribution is 0.350. The van der Waals surface area contributed by atoms with Crippen molar-refractivity contribution >= 4 is 11.6 Å². The van der Waals surface area contributed by atoms with Crippen molar-refractivity contribution in [3.05, 3.63) is 22.7 Å². The summed E-state index contributed by atoms with van der Waals surface area (Å²) in [5.74, 6) is 1.40. The number of benzene rings is 1. The number of hydrogen-bond donors (Lipinski definition) is 1. The lowest BCUT2D eigenvalue weighted by Gasteiger charge is -2.16. The van der Waals surface area contributed by atoms with Gasteiger partial charge in [-0.15, -0.1) is 0 Å². The van der Waals surface area contributed by atoms with Crippen LogP contribution in [-0.2, 0) is 6.42 Å². The maximum absolute atomic E-state index is 6.10. The van der Waals surface area contributed by atoms with E-state index in [0.717, 1.165) is 30.6 Å². The summed E-state index contributed by atoms with van der Waals surface area (Å²) in [5, 5.41) is 0.650.